The summed E-state index contributed by atoms with van der Waals surface area (Å²) in [5.41, 5.74) is 5.10. The number of aliphatic carboxylic acids is 1. The Hall–Kier alpha value is -1.36. The quantitative estimate of drug-likeness (QED) is 0.713. The van der Waals surface area contributed by atoms with Crippen LogP contribution in [0, 0.1) is 0 Å². The molecular weight excluding hydrogens is 172 g/mol. The lowest BCUT2D eigenvalue weighted by molar-refractivity contribution is -0.136. The largest absolute Gasteiger partial charge is 0.481 e. The van der Waals surface area contributed by atoms with Gasteiger partial charge in [0.1, 0.15) is 12.2 Å². The number of hydrogen-bond acceptors (Lipinski definition) is 4. The molecule has 0 fully saturated rings. The molecule has 0 spiro atoms. The molecule has 1 rings (SSSR count). The van der Waals surface area contributed by atoms with Gasteiger partial charge in [0.2, 0.25) is 5.89 Å². The Morgan fingerprint density at radius 2 is 2.38 bits per heavy atom. The molecular formula is C8H12N2O3. The van der Waals surface area contributed by atoms with Gasteiger partial charge < -0.3 is 15.3 Å². The van der Waals surface area contributed by atoms with Gasteiger partial charge in [-0.25, -0.2) is 4.98 Å². The van der Waals surface area contributed by atoms with Crippen LogP contribution >= 0.6 is 0 Å². The van der Waals surface area contributed by atoms with Gasteiger partial charge in [0.15, 0.2) is 0 Å². The summed E-state index contributed by atoms with van der Waals surface area (Å²) < 4.78 is 5.14. The monoisotopic (exact) mass is 184 g/mol. The average Bonchev–Trinajstić information content (AvgIpc) is 2.32. The van der Waals surface area contributed by atoms with Crippen LogP contribution in [0.4, 0.5) is 0 Å². The molecule has 0 aromatic carbocycles. The van der Waals surface area contributed by atoms with Gasteiger partial charge >= 0.3 is 5.97 Å². The molecule has 0 unspecified atom stereocenters. The van der Waals surface area contributed by atoms with Crippen molar-refractivity contribution in [1.82, 2.24) is 4.98 Å². The van der Waals surface area contributed by atoms with Crippen molar-refractivity contribution in [2.24, 2.45) is 5.73 Å². The Labute approximate surface area is 75.6 Å². The van der Waals surface area contributed by atoms with Crippen molar-refractivity contribution >= 4 is 5.97 Å². The highest BCUT2D eigenvalue weighted by Gasteiger charge is 2.20. The average molecular weight is 184 g/mol. The van der Waals surface area contributed by atoms with E-state index in [9.17, 15) is 4.79 Å². The summed E-state index contributed by atoms with van der Waals surface area (Å²) in [5, 5.41) is 8.45. The first-order valence-corrected chi connectivity index (χ1v) is 3.85. The second kappa shape index (κ2) is 3.18. The van der Waals surface area contributed by atoms with E-state index in [0.717, 1.165) is 0 Å². The third-order valence-electron chi connectivity index (χ3n) is 1.49. The van der Waals surface area contributed by atoms with Gasteiger partial charge in [-0.1, -0.05) is 0 Å². The van der Waals surface area contributed by atoms with Crippen LogP contribution in [0.5, 0.6) is 0 Å². The van der Waals surface area contributed by atoms with Gasteiger partial charge in [0.25, 0.3) is 0 Å². The molecule has 1 aromatic rings. The minimum Gasteiger partial charge on any atom is -0.481 e. The van der Waals surface area contributed by atoms with E-state index in [4.69, 9.17) is 15.3 Å². The van der Waals surface area contributed by atoms with Crippen LogP contribution in [0.25, 0.3) is 0 Å². The van der Waals surface area contributed by atoms with E-state index >= 15 is 0 Å². The summed E-state index contributed by atoms with van der Waals surface area (Å²) in [6.07, 6.45) is 1.24. The highest BCUT2D eigenvalue weighted by atomic mass is 16.4. The van der Waals surface area contributed by atoms with Gasteiger partial charge in [0.05, 0.1) is 11.7 Å². The van der Waals surface area contributed by atoms with Crippen molar-refractivity contribution in [3.05, 3.63) is 17.8 Å². The van der Waals surface area contributed by atoms with Gasteiger partial charge in [-0.3, -0.25) is 4.79 Å². The third-order valence-corrected chi connectivity index (χ3v) is 1.49. The molecule has 5 nitrogen and oxygen atoms in total. The van der Waals surface area contributed by atoms with Gasteiger partial charge in [-0.2, -0.15) is 0 Å². The highest BCUT2D eigenvalue weighted by Crippen LogP contribution is 2.17. The number of carboxylic acids is 1. The summed E-state index contributed by atoms with van der Waals surface area (Å²) in [6, 6.07) is 0. The summed E-state index contributed by atoms with van der Waals surface area (Å²) >= 11 is 0. The fourth-order valence-electron chi connectivity index (χ4n) is 0.819. The molecule has 0 saturated heterocycles. The second-order valence-corrected chi connectivity index (χ2v) is 3.41. The Kier molecular flexibility index (Phi) is 2.38. The maximum atomic E-state index is 10.3. The minimum atomic E-state index is -0.969. The zero-order chi connectivity index (χ0) is 10.1. The number of hydrogen-bond donors (Lipinski definition) is 2. The Bertz CT molecular complexity index is 311. The van der Waals surface area contributed by atoms with Crippen molar-refractivity contribution in [2.75, 3.05) is 0 Å². The summed E-state index contributed by atoms with van der Waals surface area (Å²) in [7, 11) is 0. The lowest BCUT2D eigenvalue weighted by atomic mass is 10.1. The van der Waals surface area contributed by atoms with Crippen LogP contribution in [0.2, 0.25) is 0 Å². The van der Waals surface area contributed by atoms with Crippen LogP contribution in [0.3, 0.4) is 0 Å². The van der Waals surface area contributed by atoms with E-state index in [1.807, 2.05) is 0 Å². The molecule has 0 radical (unpaired) electrons. The summed E-state index contributed by atoms with van der Waals surface area (Å²) in [4.78, 5) is 14.1. The number of nitrogens with zero attached hydrogens (tertiary/aromatic N) is 1. The standard InChI is InChI=1S/C8H12N2O3/c1-8(2,9)5-4-10-6(13-5)3-7(11)12/h4H,3,9H2,1-2H3,(H,11,12). The smallest absolute Gasteiger partial charge is 0.312 e. The first-order valence-electron chi connectivity index (χ1n) is 3.85. The van der Waals surface area contributed by atoms with Crippen molar-refractivity contribution < 1.29 is 14.3 Å². The zero-order valence-electron chi connectivity index (χ0n) is 7.57. The Balaban J connectivity index is 2.81. The molecule has 0 aliphatic rings. The fourth-order valence-corrected chi connectivity index (χ4v) is 0.819. The minimum absolute atomic E-state index is 0.182. The molecule has 1 aromatic heterocycles. The molecule has 5 heteroatoms. The molecule has 3 N–H and O–H groups in total. The number of oxazole rings is 1. The van der Waals surface area contributed by atoms with Crippen molar-refractivity contribution in [2.45, 2.75) is 25.8 Å². The maximum absolute atomic E-state index is 10.3. The van der Waals surface area contributed by atoms with Gasteiger partial charge in [-0.05, 0) is 13.8 Å². The molecule has 1 heterocycles. The van der Waals surface area contributed by atoms with Gasteiger partial charge in [0, 0.05) is 0 Å². The summed E-state index contributed by atoms with van der Waals surface area (Å²) in [5.74, 6) is -0.298. The molecule has 0 aliphatic heterocycles. The lowest BCUT2D eigenvalue weighted by Gasteiger charge is -2.13. The Morgan fingerprint density at radius 3 is 2.77 bits per heavy atom. The number of rotatable bonds is 3. The molecule has 0 bridgehead atoms. The third kappa shape index (κ3) is 2.55. The first-order chi connectivity index (χ1) is 5.89. The molecule has 13 heavy (non-hydrogen) atoms. The molecule has 0 atom stereocenters. The molecule has 0 aliphatic carbocycles. The maximum Gasteiger partial charge on any atom is 0.312 e. The molecule has 0 amide bonds. The van der Waals surface area contributed by atoms with Gasteiger partial charge in [-0.15, -0.1) is 0 Å². The van der Waals surface area contributed by atoms with E-state index < -0.39 is 11.5 Å². The lowest BCUT2D eigenvalue weighted by Crippen LogP contribution is -2.27. The second-order valence-electron chi connectivity index (χ2n) is 3.41. The number of aromatic nitrogens is 1. The van der Waals surface area contributed by atoms with E-state index in [1.54, 1.807) is 13.8 Å². The van der Waals surface area contributed by atoms with E-state index in [0.29, 0.717) is 5.76 Å². The van der Waals surface area contributed by atoms with Crippen molar-refractivity contribution in [3.8, 4) is 0 Å². The van der Waals surface area contributed by atoms with E-state index in [-0.39, 0.29) is 12.3 Å². The highest BCUT2D eigenvalue weighted by molar-refractivity contribution is 5.68. The number of carbonyl (C=O) groups is 1. The van der Waals surface area contributed by atoms with E-state index in [2.05, 4.69) is 4.98 Å². The number of carboxylic acid groups (broad SMARTS) is 1. The normalized spacial score (nSPS) is 11.6. The summed E-state index contributed by atoms with van der Waals surface area (Å²) in [6.45, 7) is 3.52. The molecule has 0 saturated carbocycles. The zero-order valence-corrected chi connectivity index (χ0v) is 7.57. The predicted octanol–water partition coefficient (Wildman–Crippen LogP) is 0.495. The molecule has 72 valence electrons. The van der Waals surface area contributed by atoms with Crippen molar-refractivity contribution in [1.29, 1.82) is 0 Å². The topological polar surface area (TPSA) is 89.3 Å². The Morgan fingerprint density at radius 1 is 1.77 bits per heavy atom. The number of nitrogens with two attached hydrogens (primary N) is 1. The van der Waals surface area contributed by atoms with Crippen molar-refractivity contribution in [3.63, 3.8) is 0 Å². The SMILES string of the molecule is CC(C)(N)c1cnc(CC(=O)O)o1. The predicted molar refractivity (Wildman–Crippen MR) is 45.1 cm³/mol. The van der Waals surface area contributed by atoms with Crippen LogP contribution in [0.1, 0.15) is 25.5 Å². The van der Waals surface area contributed by atoms with Crippen LogP contribution in [-0.4, -0.2) is 16.1 Å². The van der Waals surface area contributed by atoms with E-state index in [1.165, 1.54) is 6.20 Å². The fraction of sp³-hybridized carbons (Fsp3) is 0.500. The first kappa shape index (κ1) is 9.73. The van der Waals surface area contributed by atoms with Crippen LogP contribution in [0.15, 0.2) is 10.6 Å². The van der Waals surface area contributed by atoms with Crippen LogP contribution < -0.4 is 5.73 Å². The van der Waals surface area contributed by atoms with Crippen LogP contribution in [-0.2, 0) is 16.8 Å².